The van der Waals surface area contributed by atoms with Crippen molar-refractivity contribution in [1.29, 1.82) is 0 Å². The number of imidazole rings is 1. The van der Waals surface area contributed by atoms with Crippen LogP contribution in [0, 0.1) is 0 Å². The van der Waals surface area contributed by atoms with Gasteiger partial charge < -0.3 is 4.98 Å². The van der Waals surface area contributed by atoms with Gasteiger partial charge in [0.1, 0.15) is 0 Å². The maximum absolute atomic E-state index is 6.17. The van der Waals surface area contributed by atoms with Gasteiger partial charge >= 0.3 is 0 Å². The molecule has 0 radical (unpaired) electrons. The third-order valence-electron chi connectivity index (χ3n) is 3.50. The summed E-state index contributed by atoms with van der Waals surface area (Å²) < 4.78 is 0. The summed E-state index contributed by atoms with van der Waals surface area (Å²) in [6, 6.07) is 16.1. The molecule has 2 heterocycles. The Labute approximate surface area is 136 Å². The third-order valence-corrected chi connectivity index (χ3v) is 4.77. The predicted octanol–water partition coefficient (Wildman–Crippen LogP) is 5.06. The van der Waals surface area contributed by atoms with Gasteiger partial charge in [-0.05, 0) is 29.8 Å². The number of rotatable bonds is 3. The van der Waals surface area contributed by atoms with Crippen molar-refractivity contribution in [1.82, 2.24) is 15.0 Å². The van der Waals surface area contributed by atoms with Crippen molar-refractivity contribution in [3.63, 3.8) is 0 Å². The molecule has 0 aliphatic rings. The minimum absolute atomic E-state index is 0.737. The van der Waals surface area contributed by atoms with Gasteiger partial charge in [0.05, 0.1) is 21.6 Å². The molecule has 0 unspecified atom stereocenters. The number of H-pyrrole nitrogens is 1. The molecule has 4 rings (SSSR count). The van der Waals surface area contributed by atoms with Gasteiger partial charge in [-0.15, -0.1) is 0 Å². The summed E-state index contributed by atoms with van der Waals surface area (Å²) in [5.41, 5.74) is 4.19. The fourth-order valence-corrected chi connectivity index (χ4v) is 3.44. The number of aromatic nitrogens is 3. The Morgan fingerprint density at radius 1 is 1.05 bits per heavy atom. The minimum atomic E-state index is 0.737. The molecule has 0 spiro atoms. The smallest absolute Gasteiger partial charge is 0.166 e. The first-order valence-electron chi connectivity index (χ1n) is 6.90. The summed E-state index contributed by atoms with van der Waals surface area (Å²) in [4.78, 5) is 12.3. The van der Waals surface area contributed by atoms with Gasteiger partial charge in [-0.1, -0.05) is 47.6 Å². The van der Waals surface area contributed by atoms with Crippen LogP contribution in [0.25, 0.3) is 21.9 Å². The Bertz CT molecular complexity index is 931. The van der Waals surface area contributed by atoms with Crippen LogP contribution in [-0.2, 0) is 5.75 Å². The van der Waals surface area contributed by atoms with Gasteiger partial charge in [0.2, 0.25) is 0 Å². The van der Waals surface area contributed by atoms with Crippen molar-refractivity contribution in [2.45, 2.75) is 10.9 Å². The molecule has 108 valence electrons. The molecule has 0 atom stereocenters. The number of aromatic amines is 1. The van der Waals surface area contributed by atoms with Crippen LogP contribution in [-0.4, -0.2) is 15.0 Å². The molecule has 22 heavy (non-hydrogen) atoms. The Balaban J connectivity index is 1.58. The van der Waals surface area contributed by atoms with E-state index >= 15 is 0 Å². The summed E-state index contributed by atoms with van der Waals surface area (Å²) in [6.07, 6.45) is 1.74. The van der Waals surface area contributed by atoms with Gasteiger partial charge in [-0.25, -0.2) is 4.98 Å². The van der Waals surface area contributed by atoms with Crippen LogP contribution >= 0.6 is 23.4 Å². The first-order chi connectivity index (χ1) is 10.8. The van der Waals surface area contributed by atoms with Crippen LogP contribution in [0.1, 0.15) is 5.56 Å². The quantitative estimate of drug-likeness (QED) is 0.535. The lowest BCUT2D eigenvalue weighted by molar-refractivity contribution is 1.08. The van der Waals surface area contributed by atoms with E-state index in [2.05, 4.69) is 27.1 Å². The highest BCUT2D eigenvalue weighted by Crippen LogP contribution is 2.26. The number of para-hydroxylation sites is 2. The fraction of sp³-hybridized carbons (Fsp3) is 0.0588. The van der Waals surface area contributed by atoms with Crippen molar-refractivity contribution >= 4 is 45.3 Å². The molecule has 0 fully saturated rings. The van der Waals surface area contributed by atoms with Gasteiger partial charge in [-0.3, -0.25) is 4.98 Å². The highest BCUT2D eigenvalue weighted by Gasteiger charge is 2.05. The van der Waals surface area contributed by atoms with E-state index in [-0.39, 0.29) is 0 Å². The average Bonchev–Trinajstić information content (AvgIpc) is 2.96. The Hall–Kier alpha value is -2.04. The fourth-order valence-electron chi connectivity index (χ4n) is 2.40. The molecule has 1 N–H and O–H groups in total. The van der Waals surface area contributed by atoms with E-state index in [1.54, 1.807) is 18.0 Å². The van der Waals surface area contributed by atoms with Crippen molar-refractivity contribution in [3.05, 3.63) is 65.3 Å². The lowest BCUT2D eigenvalue weighted by atomic mass is 10.1. The average molecular weight is 326 g/mol. The molecule has 4 aromatic rings. The summed E-state index contributed by atoms with van der Waals surface area (Å²) in [5.74, 6) is 0.837. The van der Waals surface area contributed by atoms with Crippen LogP contribution < -0.4 is 0 Å². The normalized spacial score (nSPS) is 11.3. The molecule has 0 aliphatic heterocycles. The molecule has 2 aromatic heterocycles. The van der Waals surface area contributed by atoms with Gasteiger partial charge in [0.15, 0.2) is 5.16 Å². The van der Waals surface area contributed by atoms with E-state index in [1.165, 1.54) is 5.56 Å². The first kappa shape index (κ1) is 13.6. The number of pyridine rings is 1. The lowest BCUT2D eigenvalue weighted by Gasteiger charge is -2.03. The van der Waals surface area contributed by atoms with Crippen LogP contribution in [0.2, 0.25) is 5.02 Å². The Kier molecular flexibility index (Phi) is 3.48. The van der Waals surface area contributed by atoms with Crippen LogP contribution in [0.4, 0.5) is 0 Å². The van der Waals surface area contributed by atoms with E-state index in [0.717, 1.165) is 37.9 Å². The van der Waals surface area contributed by atoms with E-state index in [1.807, 2.05) is 36.4 Å². The molecule has 3 nitrogen and oxygen atoms in total. The largest absolute Gasteiger partial charge is 0.333 e. The second kappa shape index (κ2) is 5.63. The van der Waals surface area contributed by atoms with Crippen LogP contribution in [0.3, 0.4) is 0 Å². The van der Waals surface area contributed by atoms with Gasteiger partial charge in [0, 0.05) is 17.3 Å². The number of hydrogen-bond donors (Lipinski definition) is 1. The van der Waals surface area contributed by atoms with E-state index in [9.17, 15) is 0 Å². The van der Waals surface area contributed by atoms with Gasteiger partial charge in [0.25, 0.3) is 0 Å². The number of nitrogens with zero attached hydrogens (tertiary/aromatic N) is 2. The highest BCUT2D eigenvalue weighted by molar-refractivity contribution is 7.98. The molecule has 2 aromatic carbocycles. The number of halogens is 1. The van der Waals surface area contributed by atoms with Crippen molar-refractivity contribution in [3.8, 4) is 0 Å². The van der Waals surface area contributed by atoms with Crippen molar-refractivity contribution in [2.24, 2.45) is 0 Å². The number of hydrogen-bond acceptors (Lipinski definition) is 3. The number of fused-ring (bicyclic) bond motifs is 2. The SMILES string of the molecule is Clc1ccnc2cc(CSc3nc4ccccc4[nH]3)ccc12. The topological polar surface area (TPSA) is 41.6 Å². The van der Waals surface area contributed by atoms with E-state index in [0.29, 0.717) is 0 Å². The zero-order valence-electron chi connectivity index (χ0n) is 11.6. The molecule has 5 heteroatoms. The first-order valence-corrected chi connectivity index (χ1v) is 8.27. The summed E-state index contributed by atoms with van der Waals surface area (Å²) >= 11 is 7.85. The molecular weight excluding hydrogens is 314 g/mol. The molecule has 0 saturated carbocycles. The second-order valence-corrected chi connectivity index (χ2v) is 6.36. The number of benzene rings is 2. The summed E-state index contributed by atoms with van der Waals surface area (Å²) in [7, 11) is 0. The van der Waals surface area contributed by atoms with Crippen molar-refractivity contribution < 1.29 is 0 Å². The summed E-state index contributed by atoms with van der Waals surface area (Å²) in [5, 5.41) is 2.66. The monoisotopic (exact) mass is 325 g/mol. The molecule has 0 amide bonds. The third kappa shape index (κ3) is 2.56. The van der Waals surface area contributed by atoms with Crippen molar-refractivity contribution in [2.75, 3.05) is 0 Å². The molecule has 0 bridgehead atoms. The maximum atomic E-state index is 6.17. The predicted molar refractivity (Wildman–Crippen MR) is 92.4 cm³/mol. The zero-order chi connectivity index (χ0) is 14.9. The number of nitrogens with one attached hydrogen (secondary N) is 1. The minimum Gasteiger partial charge on any atom is -0.333 e. The van der Waals surface area contributed by atoms with Crippen LogP contribution in [0.5, 0.6) is 0 Å². The van der Waals surface area contributed by atoms with E-state index < -0.39 is 0 Å². The number of thioether (sulfide) groups is 1. The molecule has 0 saturated heterocycles. The van der Waals surface area contributed by atoms with E-state index in [4.69, 9.17) is 11.6 Å². The summed E-state index contributed by atoms with van der Waals surface area (Å²) in [6.45, 7) is 0. The zero-order valence-corrected chi connectivity index (χ0v) is 13.2. The lowest BCUT2D eigenvalue weighted by Crippen LogP contribution is -1.85. The Morgan fingerprint density at radius 2 is 1.95 bits per heavy atom. The standard InChI is InChI=1S/C17H12ClN3S/c18-13-7-8-19-16-9-11(5-6-12(13)16)10-22-17-20-14-3-1-2-4-15(14)21-17/h1-9H,10H2,(H,20,21). The van der Waals surface area contributed by atoms with Crippen LogP contribution in [0.15, 0.2) is 59.9 Å². The molecular formula is C17H12ClN3S. The molecule has 0 aliphatic carbocycles. The maximum Gasteiger partial charge on any atom is 0.166 e. The van der Waals surface area contributed by atoms with Gasteiger partial charge in [-0.2, -0.15) is 0 Å². The second-order valence-electron chi connectivity index (χ2n) is 4.99. The highest BCUT2D eigenvalue weighted by atomic mass is 35.5. The Morgan fingerprint density at radius 3 is 2.86 bits per heavy atom.